The maximum Gasteiger partial charge on any atom is 0.243 e. The molecule has 0 aliphatic carbocycles. The monoisotopic (exact) mass is 383 g/mol. The van der Waals surface area contributed by atoms with Gasteiger partial charge in [0.05, 0.1) is 17.5 Å². The first-order chi connectivity index (χ1) is 13.1. The Morgan fingerprint density at radius 3 is 2.63 bits per heavy atom. The average molecular weight is 383 g/mol. The Morgan fingerprint density at radius 2 is 1.81 bits per heavy atom. The molecule has 0 unspecified atom stereocenters. The number of anilines is 2. The fourth-order valence-electron chi connectivity index (χ4n) is 2.79. The summed E-state index contributed by atoms with van der Waals surface area (Å²) in [7, 11) is 0. The lowest BCUT2D eigenvalue weighted by atomic mass is 10.1. The molecule has 0 spiro atoms. The van der Waals surface area contributed by atoms with Gasteiger partial charge >= 0.3 is 0 Å². The van der Waals surface area contributed by atoms with Crippen LogP contribution in [0.25, 0.3) is 0 Å². The van der Waals surface area contributed by atoms with Gasteiger partial charge in [-0.3, -0.25) is 14.4 Å². The maximum absolute atomic E-state index is 12.2. The fourth-order valence-corrected chi connectivity index (χ4v) is 3.90. The van der Waals surface area contributed by atoms with Crippen molar-refractivity contribution in [3.05, 3.63) is 54.1 Å². The summed E-state index contributed by atoms with van der Waals surface area (Å²) in [6, 6.07) is 15.0. The summed E-state index contributed by atoms with van der Waals surface area (Å²) in [5, 5.41) is 7.69. The van der Waals surface area contributed by atoms with Crippen LogP contribution in [0.1, 0.15) is 18.9 Å². The van der Waals surface area contributed by atoms with Crippen LogP contribution in [0.5, 0.6) is 0 Å². The highest BCUT2D eigenvalue weighted by molar-refractivity contribution is 8.01. The number of fused-ring (bicyclic) bond motifs is 1. The van der Waals surface area contributed by atoms with Gasteiger partial charge in [0.2, 0.25) is 17.7 Å². The molecule has 1 atom stereocenters. The van der Waals surface area contributed by atoms with Crippen molar-refractivity contribution in [3.63, 3.8) is 0 Å². The van der Waals surface area contributed by atoms with E-state index < -0.39 is 5.25 Å². The largest absolute Gasteiger partial charge is 0.347 e. The number of aryl methyl sites for hydroxylation is 1. The van der Waals surface area contributed by atoms with Gasteiger partial charge in [0.15, 0.2) is 0 Å². The van der Waals surface area contributed by atoms with Gasteiger partial charge in [-0.15, -0.1) is 11.8 Å². The first-order valence-corrected chi connectivity index (χ1v) is 9.65. The molecule has 6 nitrogen and oxygen atoms in total. The van der Waals surface area contributed by atoms with Crippen LogP contribution in [-0.4, -0.2) is 29.5 Å². The molecular formula is C20H21N3O3S. The molecule has 0 radical (unpaired) electrons. The van der Waals surface area contributed by atoms with Crippen LogP contribution in [0, 0.1) is 0 Å². The number of carbonyl (C=O) groups is 3. The van der Waals surface area contributed by atoms with Crippen molar-refractivity contribution < 1.29 is 14.4 Å². The van der Waals surface area contributed by atoms with E-state index in [9.17, 15) is 14.4 Å². The second-order valence-electron chi connectivity index (χ2n) is 6.13. The van der Waals surface area contributed by atoms with Crippen LogP contribution in [-0.2, 0) is 20.8 Å². The molecule has 0 saturated heterocycles. The quantitative estimate of drug-likeness (QED) is 0.716. The molecule has 1 aliphatic heterocycles. The fraction of sp³-hybridized carbons (Fsp3) is 0.250. The minimum absolute atomic E-state index is 0.0175. The first-order valence-electron chi connectivity index (χ1n) is 8.78. The van der Waals surface area contributed by atoms with Gasteiger partial charge in [-0.25, -0.2) is 0 Å². The van der Waals surface area contributed by atoms with E-state index in [2.05, 4.69) is 16.0 Å². The molecular weight excluding hydrogens is 362 g/mol. The van der Waals surface area contributed by atoms with Gasteiger partial charge in [-0.1, -0.05) is 37.3 Å². The summed E-state index contributed by atoms with van der Waals surface area (Å²) < 4.78 is 0. The summed E-state index contributed by atoms with van der Waals surface area (Å²) in [6.07, 6.45) is 0.821. The molecule has 1 heterocycles. The molecule has 2 aromatic carbocycles. The third-order valence-corrected chi connectivity index (χ3v) is 5.47. The zero-order valence-electron chi connectivity index (χ0n) is 15.0. The van der Waals surface area contributed by atoms with Gasteiger partial charge in [-0.05, 0) is 30.2 Å². The number of hydrogen-bond acceptors (Lipinski definition) is 4. The van der Waals surface area contributed by atoms with Crippen LogP contribution < -0.4 is 16.0 Å². The van der Waals surface area contributed by atoms with E-state index in [1.165, 1.54) is 11.8 Å². The molecule has 0 fully saturated rings. The van der Waals surface area contributed by atoms with Crippen LogP contribution >= 0.6 is 11.8 Å². The van der Waals surface area contributed by atoms with E-state index in [1.807, 2.05) is 55.5 Å². The number of rotatable bonds is 6. The highest BCUT2D eigenvalue weighted by Gasteiger charge is 2.28. The molecule has 0 aromatic heterocycles. The van der Waals surface area contributed by atoms with E-state index in [-0.39, 0.29) is 30.7 Å². The highest BCUT2D eigenvalue weighted by atomic mass is 32.2. The second-order valence-corrected chi connectivity index (χ2v) is 7.38. The third kappa shape index (κ3) is 4.89. The molecule has 0 bridgehead atoms. The number of thioether (sulfide) groups is 1. The number of carbonyl (C=O) groups excluding carboxylic acids is 3. The summed E-state index contributed by atoms with van der Waals surface area (Å²) >= 11 is 1.36. The molecule has 7 heteroatoms. The summed E-state index contributed by atoms with van der Waals surface area (Å²) in [6.45, 7) is 1.88. The van der Waals surface area contributed by atoms with Crippen molar-refractivity contribution in [3.8, 4) is 0 Å². The molecule has 140 valence electrons. The molecule has 0 saturated carbocycles. The maximum atomic E-state index is 12.2. The highest BCUT2D eigenvalue weighted by Crippen LogP contribution is 2.36. The second kappa shape index (κ2) is 8.73. The van der Waals surface area contributed by atoms with Crippen LogP contribution in [0.4, 0.5) is 11.4 Å². The average Bonchev–Trinajstić information content (AvgIpc) is 2.67. The van der Waals surface area contributed by atoms with Gasteiger partial charge in [0, 0.05) is 17.0 Å². The zero-order chi connectivity index (χ0) is 19.2. The van der Waals surface area contributed by atoms with E-state index in [0.29, 0.717) is 0 Å². The summed E-state index contributed by atoms with van der Waals surface area (Å²) in [5.41, 5.74) is 2.54. The van der Waals surface area contributed by atoms with Crippen molar-refractivity contribution in [2.45, 2.75) is 29.9 Å². The Bertz CT molecular complexity index is 869. The normalized spacial score (nSPS) is 15.4. The SMILES string of the molecule is CCc1ccccc1NC(=O)CNC(=O)C[C@@H]1Sc2ccccc2NC1=O. The lowest BCUT2D eigenvalue weighted by Gasteiger charge is -2.23. The van der Waals surface area contributed by atoms with E-state index in [0.717, 1.165) is 28.3 Å². The van der Waals surface area contributed by atoms with E-state index in [4.69, 9.17) is 0 Å². The summed E-state index contributed by atoms with van der Waals surface area (Å²) in [5.74, 6) is -0.827. The lowest BCUT2D eigenvalue weighted by Crippen LogP contribution is -2.38. The van der Waals surface area contributed by atoms with Crippen LogP contribution in [0.15, 0.2) is 53.4 Å². The van der Waals surface area contributed by atoms with Crippen LogP contribution in [0.3, 0.4) is 0 Å². The summed E-state index contributed by atoms with van der Waals surface area (Å²) in [4.78, 5) is 37.3. The van der Waals surface area contributed by atoms with Gasteiger partial charge in [0.25, 0.3) is 0 Å². The van der Waals surface area contributed by atoms with Crippen molar-refractivity contribution in [2.24, 2.45) is 0 Å². The Labute approximate surface area is 162 Å². The Kier molecular flexibility index (Phi) is 6.13. The van der Waals surface area contributed by atoms with Gasteiger partial charge in [0.1, 0.15) is 0 Å². The molecule has 1 aliphatic rings. The number of nitrogens with one attached hydrogen (secondary N) is 3. The first kappa shape index (κ1) is 19.0. The Morgan fingerprint density at radius 1 is 1.07 bits per heavy atom. The minimum Gasteiger partial charge on any atom is -0.347 e. The topological polar surface area (TPSA) is 87.3 Å². The molecule has 3 N–H and O–H groups in total. The van der Waals surface area contributed by atoms with Crippen LogP contribution in [0.2, 0.25) is 0 Å². The smallest absolute Gasteiger partial charge is 0.243 e. The third-order valence-electron chi connectivity index (χ3n) is 4.20. The number of para-hydroxylation sites is 2. The number of amides is 3. The van der Waals surface area contributed by atoms with Gasteiger partial charge in [-0.2, -0.15) is 0 Å². The predicted molar refractivity (Wildman–Crippen MR) is 107 cm³/mol. The standard InChI is InChI=1S/C20H21N3O3S/c1-2-13-7-3-4-8-14(13)22-19(25)12-21-18(24)11-17-20(26)23-15-9-5-6-10-16(15)27-17/h3-10,17H,2,11-12H2,1H3,(H,21,24)(H,22,25)(H,23,26)/t17-/m0/s1. The predicted octanol–water partition coefficient (Wildman–Crippen LogP) is 2.81. The number of hydrogen-bond donors (Lipinski definition) is 3. The number of benzene rings is 2. The lowest BCUT2D eigenvalue weighted by molar-refractivity contribution is -0.125. The molecule has 27 heavy (non-hydrogen) atoms. The molecule has 3 rings (SSSR count). The van der Waals surface area contributed by atoms with Gasteiger partial charge < -0.3 is 16.0 Å². The molecule has 2 aromatic rings. The van der Waals surface area contributed by atoms with Crippen molar-refractivity contribution in [2.75, 3.05) is 17.2 Å². The van der Waals surface area contributed by atoms with Crippen molar-refractivity contribution >= 4 is 40.9 Å². The Hall–Kier alpha value is -2.80. The van der Waals surface area contributed by atoms with E-state index in [1.54, 1.807) is 0 Å². The van der Waals surface area contributed by atoms with Crippen molar-refractivity contribution in [1.82, 2.24) is 5.32 Å². The molecule has 3 amide bonds. The zero-order valence-corrected chi connectivity index (χ0v) is 15.8. The van der Waals surface area contributed by atoms with Crippen molar-refractivity contribution in [1.29, 1.82) is 0 Å². The van der Waals surface area contributed by atoms with E-state index >= 15 is 0 Å². The Balaban J connectivity index is 1.50. The minimum atomic E-state index is -0.510.